The summed E-state index contributed by atoms with van der Waals surface area (Å²) in [5.74, 6) is 2.04. The monoisotopic (exact) mass is 1030 g/mol. The molecule has 8 aromatic rings. The van der Waals surface area contributed by atoms with Gasteiger partial charge in [0.05, 0.1) is 0 Å². The molecule has 6 aromatic carbocycles. The van der Waals surface area contributed by atoms with Gasteiger partial charge in [0.2, 0.25) is 0 Å². The number of para-hydroxylation sites is 1. The summed E-state index contributed by atoms with van der Waals surface area (Å²) in [5, 5.41) is 2.23. The van der Waals surface area contributed by atoms with E-state index in [2.05, 4.69) is 249 Å². The number of hydrogen-bond donors (Lipinski definition) is 0. The van der Waals surface area contributed by atoms with Crippen LogP contribution < -0.4 is 14.5 Å². The zero-order chi connectivity index (χ0) is 45.2. The van der Waals surface area contributed by atoms with Crippen molar-refractivity contribution < 1.29 is 25.8 Å². The first kappa shape index (κ1) is 45.7. The third-order valence-electron chi connectivity index (χ3n) is 12.7. The van der Waals surface area contributed by atoms with Crippen molar-refractivity contribution in [1.82, 2.24) is 9.55 Å². The molecule has 1 aliphatic heterocycles. The van der Waals surface area contributed by atoms with Crippen LogP contribution in [0.1, 0.15) is 98.4 Å². The van der Waals surface area contributed by atoms with Crippen LogP contribution in [-0.2, 0) is 42.7 Å². The Bertz CT molecular complexity index is 3000. The molecule has 334 valence electrons. The summed E-state index contributed by atoms with van der Waals surface area (Å²) < 4.78 is 9.08. The molecule has 2 aromatic heterocycles. The number of benzene rings is 6. The maximum absolute atomic E-state index is 6.88. The first-order valence-electron chi connectivity index (χ1n) is 22.4. The van der Waals surface area contributed by atoms with Crippen LogP contribution in [-0.4, -0.2) is 9.55 Å². The smallest absolute Gasteiger partial charge is 0.135 e. The Morgan fingerprint density at radius 1 is 0.538 bits per heavy atom. The average molecular weight is 1040 g/mol. The first-order valence-corrected chi connectivity index (χ1v) is 22.4. The van der Waals surface area contributed by atoms with Crippen molar-refractivity contribution in [2.45, 2.75) is 97.8 Å². The second-order valence-corrected chi connectivity index (χ2v) is 20.8. The molecule has 65 heavy (non-hydrogen) atoms. The maximum atomic E-state index is 6.88. The van der Waals surface area contributed by atoms with Crippen LogP contribution in [0.3, 0.4) is 0 Å². The molecule has 0 amide bonds. The zero-order valence-electron chi connectivity index (χ0n) is 39.5. The minimum atomic E-state index is -0.355. The molecule has 0 bridgehead atoms. The van der Waals surface area contributed by atoms with E-state index in [1.807, 2.05) is 12.3 Å². The van der Waals surface area contributed by atoms with Gasteiger partial charge in [0.1, 0.15) is 5.82 Å². The zero-order valence-corrected chi connectivity index (χ0v) is 41.8. The fourth-order valence-electron chi connectivity index (χ4n) is 8.65. The van der Waals surface area contributed by atoms with E-state index in [4.69, 9.17) is 9.72 Å². The topological polar surface area (TPSA) is 33.5 Å². The van der Waals surface area contributed by atoms with Crippen LogP contribution >= 0.6 is 0 Å². The van der Waals surface area contributed by atoms with Gasteiger partial charge in [0, 0.05) is 61.1 Å². The number of ether oxygens (including phenoxy) is 1. The van der Waals surface area contributed by atoms with Gasteiger partial charge >= 0.3 is 0 Å². The molecule has 0 saturated heterocycles. The van der Waals surface area contributed by atoms with E-state index in [9.17, 15) is 0 Å². The minimum Gasteiger partial charge on any atom is -0.509 e. The van der Waals surface area contributed by atoms with Crippen LogP contribution in [0, 0.1) is 18.8 Å². The molecule has 9 rings (SSSR count). The molecule has 0 unspecified atom stereocenters. The number of hydrogen-bond acceptors (Lipinski definition) is 4. The summed E-state index contributed by atoms with van der Waals surface area (Å²) in [6.45, 7) is 27.3. The Labute approximate surface area is 401 Å². The van der Waals surface area contributed by atoms with Gasteiger partial charge in [-0.15, -0.1) is 53.6 Å². The fraction of sp³-hybridized carbons (Fsp3) is 0.254. The Kier molecular flexibility index (Phi) is 12.0. The van der Waals surface area contributed by atoms with E-state index < -0.39 is 0 Å². The van der Waals surface area contributed by atoms with Crippen molar-refractivity contribution in [1.29, 1.82) is 0 Å². The fourth-order valence-corrected chi connectivity index (χ4v) is 8.65. The van der Waals surface area contributed by atoms with Gasteiger partial charge in [-0.05, 0) is 86.0 Å². The molecule has 3 heterocycles. The van der Waals surface area contributed by atoms with E-state index in [1.165, 1.54) is 22.3 Å². The molecule has 5 nitrogen and oxygen atoms in total. The maximum Gasteiger partial charge on any atom is 0.135 e. The van der Waals surface area contributed by atoms with E-state index >= 15 is 0 Å². The Hall–Kier alpha value is -5.90. The van der Waals surface area contributed by atoms with E-state index in [0.29, 0.717) is 11.5 Å². The molecular weight excluding hydrogens is 976 g/mol. The Balaban J connectivity index is 0.00000576. The standard InChI is InChI=1S/C59H59N4O.Pt/c1-56(2,3)43-28-29-60-55(35-43)63-52-25-19-18-24-50(52)51-27-26-48(37-53(51)63)64-49-31-41(40-20-14-12-15-21-40)30-46(36-49)61-38-54(59(10,11)42-22-16-13-17-23-42)62(39-61)47-33-44(57(4,5)6)32-45(34-47)58(7,8)9;/h12-35,38-39H,1-11H3;/q-3;. The van der Waals surface area contributed by atoms with Gasteiger partial charge < -0.3 is 19.1 Å². The van der Waals surface area contributed by atoms with Crippen LogP contribution in [0.2, 0.25) is 0 Å². The van der Waals surface area contributed by atoms with Crippen LogP contribution in [0.25, 0.3) is 38.8 Å². The van der Waals surface area contributed by atoms with Gasteiger partial charge in [0.15, 0.2) is 0 Å². The summed E-state index contributed by atoms with van der Waals surface area (Å²) in [4.78, 5) is 9.48. The Morgan fingerprint density at radius 3 is 1.83 bits per heavy atom. The molecule has 0 radical (unpaired) electrons. The number of anilines is 2. The van der Waals surface area contributed by atoms with Gasteiger partial charge in [0.25, 0.3) is 0 Å². The van der Waals surface area contributed by atoms with E-state index in [1.54, 1.807) is 0 Å². The van der Waals surface area contributed by atoms with Gasteiger partial charge in [-0.25, -0.2) is 4.98 Å². The summed E-state index contributed by atoms with van der Waals surface area (Å²) in [7, 11) is 0. The summed E-state index contributed by atoms with van der Waals surface area (Å²) in [6, 6.07) is 57.0. The van der Waals surface area contributed by atoms with Crippen molar-refractivity contribution in [3.8, 4) is 28.4 Å². The predicted octanol–water partition coefficient (Wildman–Crippen LogP) is 15.4. The molecule has 0 fully saturated rings. The van der Waals surface area contributed by atoms with Crippen molar-refractivity contribution in [3.05, 3.63) is 199 Å². The van der Waals surface area contributed by atoms with Gasteiger partial charge in [-0.2, -0.15) is 6.07 Å². The SMILES string of the molecule is CC(C)(C)c1cc(N2[CH-]N(c3[c-]c(Oc4[c-]c5c(cc4)c4ccccc4n5-c4cc(C(C)(C)C)ccn4)cc(-c4ccccc4)c3)C=C2C(C)(C)c2ccccc2)cc(C(C)(C)C)c1.[Pt]. The normalized spacial score (nSPS) is 13.6. The first-order chi connectivity index (χ1) is 30.3. The summed E-state index contributed by atoms with van der Waals surface area (Å²) in [5.41, 5.74) is 11.8. The molecular formula is C59H59N4OPt-3. The van der Waals surface area contributed by atoms with Crippen LogP contribution in [0.5, 0.6) is 11.5 Å². The van der Waals surface area contributed by atoms with Gasteiger partial charge in [-0.1, -0.05) is 167 Å². The van der Waals surface area contributed by atoms with E-state index in [-0.39, 0.29) is 42.7 Å². The summed E-state index contributed by atoms with van der Waals surface area (Å²) in [6.07, 6.45) is 4.18. The van der Waals surface area contributed by atoms with E-state index in [0.717, 1.165) is 55.8 Å². The largest absolute Gasteiger partial charge is 0.509 e. The van der Waals surface area contributed by atoms with Crippen LogP contribution in [0.4, 0.5) is 11.4 Å². The number of nitrogens with zero attached hydrogens (tertiary/aromatic N) is 4. The van der Waals surface area contributed by atoms with Crippen molar-refractivity contribution in [2.75, 3.05) is 9.80 Å². The van der Waals surface area contributed by atoms with Crippen molar-refractivity contribution >= 4 is 33.2 Å². The molecule has 0 atom stereocenters. The quantitative estimate of drug-likeness (QED) is 0.142. The predicted molar refractivity (Wildman–Crippen MR) is 268 cm³/mol. The molecule has 0 aliphatic carbocycles. The molecule has 0 N–H and O–H groups in total. The number of fused-ring (bicyclic) bond motifs is 3. The van der Waals surface area contributed by atoms with Crippen molar-refractivity contribution in [3.63, 3.8) is 0 Å². The molecule has 6 heteroatoms. The Morgan fingerprint density at radius 2 is 1.17 bits per heavy atom. The number of aromatic nitrogens is 2. The van der Waals surface area contributed by atoms with Crippen molar-refractivity contribution in [2.24, 2.45) is 0 Å². The second kappa shape index (κ2) is 17.1. The number of allylic oxidation sites excluding steroid dienone is 1. The third-order valence-corrected chi connectivity index (χ3v) is 12.7. The molecule has 1 aliphatic rings. The number of rotatable bonds is 8. The molecule has 0 spiro atoms. The minimum absolute atomic E-state index is 0. The third kappa shape index (κ3) is 9.05. The average Bonchev–Trinajstić information content (AvgIpc) is 3.87. The molecule has 0 saturated carbocycles. The summed E-state index contributed by atoms with van der Waals surface area (Å²) >= 11 is 0. The van der Waals surface area contributed by atoms with Crippen LogP contribution in [0.15, 0.2) is 158 Å². The van der Waals surface area contributed by atoms with Gasteiger partial charge in [-0.3, -0.25) is 0 Å². The second-order valence-electron chi connectivity index (χ2n) is 20.8. The number of pyridine rings is 1.